The number of esters is 2. The fraction of sp³-hybridized carbons (Fsp3) is 0.200. The smallest absolute Gasteiger partial charge is 0.416 e. The minimum Gasteiger partial charge on any atom is -0.508 e. The number of aliphatic hydroxyl groups excluding tert-OH is 1. The van der Waals surface area contributed by atoms with Crippen molar-refractivity contribution in [2.75, 3.05) is 0 Å². The summed E-state index contributed by atoms with van der Waals surface area (Å²) in [6.07, 6.45) is -3.54. The van der Waals surface area contributed by atoms with Crippen molar-refractivity contribution in [2.45, 2.75) is 66.3 Å². The molecule has 412 valence electrons. The van der Waals surface area contributed by atoms with Gasteiger partial charge in [-0.05, 0) is 77.9 Å². The van der Waals surface area contributed by atoms with Gasteiger partial charge in [0.1, 0.15) is 46.2 Å². The minimum atomic E-state index is -3.15. The van der Waals surface area contributed by atoms with E-state index in [-0.39, 0.29) is 63.0 Å². The standard InChI is InChI=1S/C55H42O25/c56-28-17-33(60)30-21-52(26-5-7-31(58)34(61)15-26)55(72,79-40(30)19-28)80-42-14-25(1-9-38(42)75-52)4-12-46(66)74-48-37(64)22-51(70,50(68)69)23-44(48)73-45(65)11-3-24-2-10-39-41(13-24)77-54(27-6-8-32(59)35(62)16-27)53(71,76-39)49(67)47-36(63)18-29(57)20-43(47)78-54/h1-20,37,44,48,56-64,70-72H,21-23H2,(H,68,69)/b11-3+,12-4+/t37-,44-,48-,51+,52?,53?,54?,55?/m1/s1. The van der Waals surface area contributed by atoms with Gasteiger partial charge >= 0.3 is 35.5 Å². The van der Waals surface area contributed by atoms with Gasteiger partial charge in [-0.25, -0.2) is 14.4 Å². The number of ether oxygens (including phenoxy) is 8. The number of rotatable bonds is 9. The van der Waals surface area contributed by atoms with Crippen LogP contribution in [0.1, 0.15) is 51.0 Å². The highest BCUT2D eigenvalue weighted by Gasteiger charge is 2.71. The number of hydrogen-bond acceptors (Lipinski definition) is 24. The Bertz CT molecular complexity index is 3700. The zero-order valence-electron chi connectivity index (χ0n) is 40.6. The second-order valence-corrected chi connectivity index (χ2v) is 19.2. The lowest BCUT2D eigenvalue weighted by atomic mass is 9.79. The number of phenols is 8. The lowest BCUT2D eigenvalue weighted by Gasteiger charge is -2.51. The second kappa shape index (κ2) is 18.3. The third-order valence-corrected chi connectivity index (χ3v) is 14.0. The van der Waals surface area contributed by atoms with Gasteiger partial charge < -0.3 is 104 Å². The molecule has 5 aliphatic rings. The summed E-state index contributed by atoms with van der Waals surface area (Å²) in [5.41, 5.74) is -5.23. The number of phenolic OH excluding ortho intramolecular Hbond substituents is 8. The normalized spacial score (nSPS) is 26.9. The van der Waals surface area contributed by atoms with Gasteiger partial charge in [0.05, 0.1) is 6.10 Å². The Kier molecular flexibility index (Phi) is 11.9. The SMILES string of the molecule is O=C(/C=C/c1ccc2c(c1)OC1(O)Oc3cc(O)cc(O)c3CC1(c1ccc(O)c(O)c1)O2)O[C@@H]1[C@H](O)C[C@@](O)(C(=O)O)C[C@H]1OC(=O)/C=C/c1ccc2c(c1)OC1(c3ccc(O)c(O)c3)Oc3cc(O)cc(O)c3C(=O)C1(O)O2. The van der Waals surface area contributed by atoms with E-state index in [9.17, 15) is 85.6 Å². The number of benzene rings is 6. The first-order valence-electron chi connectivity index (χ1n) is 23.8. The number of carbonyl (C=O) groups excluding carboxylic acids is 3. The summed E-state index contributed by atoms with van der Waals surface area (Å²) in [6.45, 7) is 0. The summed E-state index contributed by atoms with van der Waals surface area (Å²) in [5.74, 6) is -20.2. The summed E-state index contributed by atoms with van der Waals surface area (Å²) in [7, 11) is 0. The quantitative estimate of drug-likeness (QED) is 0.0560. The van der Waals surface area contributed by atoms with E-state index < -0.39 is 141 Å². The van der Waals surface area contributed by atoms with Crippen LogP contribution in [0.2, 0.25) is 0 Å². The zero-order valence-corrected chi connectivity index (χ0v) is 40.6. The van der Waals surface area contributed by atoms with E-state index in [1.165, 1.54) is 48.5 Å². The molecule has 0 radical (unpaired) electrons. The average Bonchev–Trinajstić information content (AvgIpc) is 3.44. The summed E-state index contributed by atoms with van der Waals surface area (Å²) in [5, 5.41) is 139. The number of hydrogen-bond donors (Lipinski definition) is 13. The van der Waals surface area contributed by atoms with Crippen LogP contribution in [0.15, 0.2) is 109 Å². The Morgan fingerprint density at radius 3 is 1.73 bits per heavy atom. The molecule has 0 aromatic heterocycles. The van der Waals surface area contributed by atoms with Crippen molar-refractivity contribution in [2.24, 2.45) is 0 Å². The van der Waals surface area contributed by atoms with Crippen LogP contribution in [0.3, 0.4) is 0 Å². The zero-order chi connectivity index (χ0) is 57.0. The molecule has 0 amide bonds. The lowest BCUT2D eigenvalue weighted by Crippen LogP contribution is -2.70. The topological polar surface area (TPSA) is 405 Å². The van der Waals surface area contributed by atoms with Crippen molar-refractivity contribution in [1.82, 2.24) is 0 Å². The van der Waals surface area contributed by atoms with Gasteiger partial charge in [0.15, 0.2) is 57.7 Å². The fourth-order valence-electron chi connectivity index (χ4n) is 10.1. The van der Waals surface area contributed by atoms with Crippen LogP contribution in [-0.2, 0) is 41.7 Å². The largest absolute Gasteiger partial charge is 0.508 e. The molecular formula is C55H42O25. The molecule has 4 heterocycles. The van der Waals surface area contributed by atoms with E-state index in [1.54, 1.807) is 0 Å². The molecule has 0 saturated heterocycles. The highest BCUT2D eigenvalue weighted by Crippen LogP contribution is 2.58. The Morgan fingerprint density at radius 2 is 1.09 bits per heavy atom. The first-order valence-corrected chi connectivity index (χ1v) is 23.8. The van der Waals surface area contributed by atoms with Crippen molar-refractivity contribution >= 4 is 35.8 Å². The van der Waals surface area contributed by atoms with E-state index in [0.717, 1.165) is 72.8 Å². The Labute approximate surface area is 447 Å². The van der Waals surface area contributed by atoms with Gasteiger partial charge in [0.2, 0.25) is 5.60 Å². The van der Waals surface area contributed by atoms with Crippen molar-refractivity contribution in [1.29, 1.82) is 0 Å². The van der Waals surface area contributed by atoms with Crippen LogP contribution in [-0.4, -0.2) is 126 Å². The number of fused-ring (bicyclic) bond motifs is 6. The third-order valence-electron chi connectivity index (χ3n) is 14.0. The van der Waals surface area contributed by atoms with Crippen LogP contribution in [0.25, 0.3) is 12.2 Å². The van der Waals surface area contributed by atoms with Gasteiger partial charge in [-0.15, -0.1) is 0 Å². The number of aromatic hydroxyl groups is 8. The minimum absolute atomic E-state index is 0.0156. The highest BCUT2D eigenvalue weighted by molar-refractivity contribution is 6.08. The molecule has 1 saturated carbocycles. The molecule has 25 heteroatoms. The molecule has 1 fully saturated rings. The predicted octanol–water partition coefficient (Wildman–Crippen LogP) is 3.39. The van der Waals surface area contributed by atoms with E-state index in [2.05, 4.69) is 0 Å². The molecule has 4 unspecified atom stereocenters. The van der Waals surface area contributed by atoms with Crippen molar-refractivity contribution in [3.05, 3.63) is 143 Å². The van der Waals surface area contributed by atoms with E-state index in [0.29, 0.717) is 0 Å². The molecule has 1 aliphatic carbocycles. The van der Waals surface area contributed by atoms with Gasteiger partial charge in [0.25, 0.3) is 5.78 Å². The molecule has 8 atom stereocenters. The molecular weight excluding hydrogens is 1060 g/mol. The molecule has 6 aromatic carbocycles. The van der Waals surface area contributed by atoms with Crippen molar-refractivity contribution in [3.8, 4) is 80.5 Å². The Hall–Kier alpha value is -10.1. The van der Waals surface area contributed by atoms with Gasteiger partial charge in [0, 0.05) is 72.4 Å². The third kappa shape index (κ3) is 8.34. The summed E-state index contributed by atoms with van der Waals surface area (Å²) >= 11 is 0. The second-order valence-electron chi connectivity index (χ2n) is 19.2. The summed E-state index contributed by atoms with van der Waals surface area (Å²) in [4.78, 5) is 53.1. The summed E-state index contributed by atoms with van der Waals surface area (Å²) < 4.78 is 47.3. The lowest BCUT2D eigenvalue weighted by molar-refractivity contribution is -0.374. The van der Waals surface area contributed by atoms with Crippen molar-refractivity contribution < 1.29 is 123 Å². The fourth-order valence-corrected chi connectivity index (χ4v) is 10.1. The maximum atomic E-state index is 14.0. The molecule has 80 heavy (non-hydrogen) atoms. The molecule has 13 N–H and O–H groups in total. The summed E-state index contributed by atoms with van der Waals surface area (Å²) in [6, 6.07) is 18.3. The van der Waals surface area contributed by atoms with E-state index in [4.69, 9.17) is 37.9 Å². The highest BCUT2D eigenvalue weighted by atomic mass is 16.9. The van der Waals surface area contributed by atoms with Crippen LogP contribution in [0.5, 0.6) is 80.5 Å². The maximum absolute atomic E-state index is 14.0. The van der Waals surface area contributed by atoms with E-state index >= 15 is 0 Å². The Balaban J connectivity index is 0.821. The first-order chi connectivity index (χ1) is 37.8. The molecule has 6 aromatic rings. The molecule has 0 spiro atoms. The van der Waals surface area contributed by atoms with Crippen LogP contribution >= 0.6 is 0 Å². The number of aliphatic hydroxyl groups is 4. The van der Waals surface area contributed by atoms with E-state index in [1.807, 2.05) is 0 Å². The molecule has 25 nitrogen and oxygen atoms in total. The predicted molar refractivity (Wildman–Crippen MR) is 263 cm³/mol. The van der Waals surface area contributed by atoms with Gasteiger partial charge in [-0.2, -0.15) is 0 Å². The monoisotopic (exact) mass is 1100 g/mol. The molecule has 11 rings (SSSR count). The number of carboxylic acids is 1. The number of ketones is 1. The van der Waals surface area contributed by atoms with Gasteiger partial charge in [-0.3, -0.25) is 4.79 Å². The van der Waals surface area contributed by atoms with Crippen LogP contribution in [0, 0.1) is 0 Å². The molecule has 0 bridgehead atoms. The van der Waals surface area contributed by atoms with Crippen molar-refractivity contribution in [3.63, 3.8) is 0 Å². The number of Topliss-reactive ketones (excluding diaryl/α,β-unsaturated/α-hetero) is 1. The first kappa shape index (κ1) is 52.0. The average molecular weight is 1100 g/mol. The number of carbonyl (C=O) groups is 4. The Morgan fingerprint density at radius 1 is 0.537 bits per heavy atom. The number of aliphatic carboxylic acids is 1. The van der Waals surface area contributed by atoms with Gasteiger partial charge in [-0.1, -0.05) is 18.2 Å². The van der Waals surface area contributed by atoms with Crippen LogP contribution in [0.4, 0.5) is 0 Å². The van der Waals surface area contributed by atoms with Crippen LogP contribution < -0.4 is 28.4 Å². The maximum Gasteiger partial charge on any atom is 0.416 e. The molecule has 4 aliphatic heterocycles. The number of carboxylic acid groups (broad SMARTS) is 1.